The van der Waals surface area contributed by atoms with Crippen LogP contribution in [-0.4, -0.2) is 71.6 Å². The number of anilines is 1. The minimum Gasteiger partial charge on any atom is -0.506 e. The van der Waals surface area contributed by atoms with E-state index >= 15 is 0 Å². The highest BCUT2D eigenvalue weighted by Gasteiger charge is 2.37. The van der Waals surface area contributed by atoms with Crippen molar-refractivity contribution in [3.8, 4) is 11.5 Å². The molecule has 3 aliphatic rings. The standard InChI is InChI=1S/C41H51ClN4O6/c42-31-11-8-10-29(24-31)27-46(41(50)52-38-28-45-21-18-30(38)19-22-45)32-12-9-13-33(25-32)51-23-7-5-3-1-2-4-6-20-43-26-37(48)34-14-16-36(47)40-35(34)15-17-39(49)44-40/h8-17,24-25,30,37-38,43,47-48H,1-7,18-23,26-28H2,(H,44,49)/t37-,38-/m0/s1. The highest BCUT2D eigenvalue weighted by atomic mass is 35.5. The molecule has 0 aliphatic carbocycles. The summed E-state index contributed by atoms with van der Waals surface area (Å²) in [5, 5.41) is 25.4. The molecule has 0 saturated carbocycles. The Labute approximate surface area is 310 Å². The van der Waals surface area contributed by atoms with Crippen LogP contribution in [0.5, 0.6) is 11.5 Å². The Morgan fingerprint density at radius 1 is 0.962 bits per heavy atom. The number of ether oxygens (including phenoxy) is 2. The van der Waals surface area contributed by atoms with Crippen LogP contribution in [0, 0.1) is 5.92 Å². The van der Waals surface area contributed by atoms with E-state index in [4.69, 9.17) is 21.1 Å². The topological polar surface area (TPSA) is 127 Å². The van der Waals surface area contributed by atoms with Gasteiger partial charge in [-0.25, -0.2) is 4.79 Å². The van der Waals surface area contributed by atoms with Crippen molar-refractivity contribution in [3.05, 3.63) is 99.3 Å². The molecule has 7 rings (SSSR count). The Balaban J connectivity index is 0.881. The van der Waals surface area contributed by atoms with E-state index < -0.39 is 6.10 Å². The molecular formula is C41H51ClN4O6. The molecule has 1 amide bonds. The van der Waals surface area contributed by atoms with Crippen molar-refractivity contribution in [1.29, 1.82) is 0 Å². The van der Waals surface area contributed by atoms with Gasteiger partial charge in [0.2, 0.25) is 5.56 Å². The van der Waals surface area contributed by atoms with Gasteiger partial charge in [-0.05, 0) is 98.8 Å². The second-order valence-corrected chi connectivity index (χ2v) is 14.5. The molecule has 3 aliphatic heterocycles. The number of aromatic nitrogens is 1. The van der Waals surface area contributed by atoms with Crippen LogP contribution in [0.4, 0.5) is 10.5 Å². The molecular weight excluding hydrogens is 680 g/mol. The van der Waals surface area contributed by atoms with Crippen LogP contribution in [-0.2, 0) is 11.3 Å². The number of nitrogens with zero attached hydrogens (tertiary/aromatic N) is 2. The van der Waals surface area contributed by atoms with Crippen LogP contribution in [0.2, 0.25) is 5.02 Å². The van der Waals surface area contributed by atoms with Crippen molar-refractivity contribution in [3.63, 3.8) is 0 Å². The molecule has 3 aromatic carbocycles. The molecule has 11 heteroatoms. The van der Waals surface area contributed by atoms with Gasteiger partial charge in [0.15, 0.2) is 0 Å². The number of rotatable bonds is 18. The van der Waals surface area contributed by atoms with Crippen molar-refractivity contribution in [1.82, 2.24) is 15.2 Å². The Morgan fingerprint density at radius 2 is 1.73 bits per heavy atom. The number of piperidine rings is 3. The molecule has 52 heavy (non-hydrogen) atoms. The summed E-state index contributed by atoms with van der Waals surface area (Å²) in [6, 6.07) is 21.5. The predicted molar refractivity (Wildman–Crippen MR) is 205 cm³/mol. The zero-order chi connectivity index (χ0) is 36.3. The van der Waals surface area contributed by atoms with Gasteiger partial charge >= 0.3 is 6.09 Å². The fourth-order valence-corrected chi connectivity index (χ4v) is 7.59. The number of phenolic OH excluding ortho intramolecular Hbond substituents is 1. The average molecular weight is 731 g/mol. The van der Waals surface area contributed by atoms with Gasteiger partial charge < -0.3 is 30.0 Å². The second-order valence-electron chi connectivity index (χ2n) is 14.1. The molecule has 1 aromatic heterocycles. The Kier molecular flexibility index (Phi) is 13.5. The maximum atomic E-state index is 13.7. The first-order valence-electron chi connectivity index (χ1n) is 18.8. The van der Waals surface area contributed by atoms with Crippen molar-refractivity contribution in [2.75, 3.05) is 44.2 Å². The number of aliphatic hydroxyl groups excluding tert-OH is 1. The zero-order valence-electron chi connectivity index (χ0n) is 29.8. The third kappa shape index (κ3) is 10.3. The summed E-state index contributed by atoms with van der Waals surface area (Å²) in [6.07, 6.45) is 8.62. The van der Waals surface area contributed by atoms with Gasteiger partial charge in [-0.3, -0.25) is 14.6 Å². The minimum absolute atomic E-state index is 0.0122. The first-order valence-corrected chi connectivity index (χ1v) is 19.1. The third-order valence-electron chi connectivity index (χ3n) is 10.3. The van der Waals surface area contributed by atoms with Crippen molar-refractivity contribution in [2.24, 2.45) is 5.92 Å². The summed E-state index contributed by atoms with van der Waals surface area (Å²) in [6.45, 7) is 5.15. The summed E-state index contributed by atoms with van der Waals surface area (Å²) in [5.41, 5.74) is 2.38. The van der Waals surface area contributed by atoms with Gasteiger partial charge in [-0.15, -0.1) is 0 Å². The lowest BCUT2D eigenvalue weighted by atomic mass is 9.86. The van der Waals surface area contributed by atoms with Gasteiger partial charge in [0.05, 0.1) is 30.5 Å². The Morgan fingerprint density at radius 3 is 2.50 bits per heavy atom. The van der Waals surface area contributed by atoms with E-state index in [2.05, 4.69) is 15.2 Å². The molecule has 0 unspecified atom stereocenters. The molecule has 3 fully saturated rings. The van der Waals surface area contributed by atoms with E-state index in [0.29, 0.717) is 47.1 Å². The first kappa shape index (κ1) is 37.7. The second kappa shape index (κ2) is 18.6. The van der Waals surface area contributed by atoms with E-state index in [1.165, 1.54) is 12.1 Å². The summed E-state index contributed by atoms with van der Waals surface area (Å²) >= 11 is 6.28. The quantitative estimate of drug-likeness (QED) is 0.0773. The number of carbonyl (C=O) groups excluding carboxylic acids is 1. The predicted octanol–water partition coefficient (Wildman–Crippen LogP) is 7.56. The molecule has 4 N–H and O–H groups in total. The number of aliphatic hydroxyl groups is 1. The zero-order valence-corrected chi connectivity index (χ0v) is 30.5. The van der Waals surface area contributed by atoms with Gasteiger partial charge in [0, 0.05) is 35.6 Å². The maximum Gasteiger partial charge on any atom is 0.414 e. The molecule has 4 aromatic rings. The van der Waals surface area contributed by atoms with E-state index in [1.807, 2.05) is 48.5 Å². The van der Waals surface area contributed by atoms with Crippen LogP contribution in [0.1, 0.15) is 75.0 Å². The molecule has 2 bridgehead atoms. The highest BCUT2D eigenvalue weighted by molar-refractivity contribution is 6.30. The highest BCUT2D eigenvalue weighted by Crippen LogP contribution is 2.32. The number of H-pyrrole nitrogens is 1. The van der Waals surface area contributed by atoms with Crippen LogP contribution in [0.25, 0.3) is 10.9 Å². The van der Waals surface area contributed by atoms with Gasteiger partial charge in [0.25, 0.3) is 0 Å². The number of carbonyl (C=O) groups is 1. The first-order chi connectivity index (χ1) is 25.3. The average Bonchev–Trinajstić information content (AvgIpc) is 3.15. The van der Waals surface area contributed by atoms with E-state index in [-0.39, 0.29) is 23.5 Å². The number of hydrogen-bond donors (Lipinski definition) is 4. The fraction of sp³-hybridized carbons (Fsp3) is 0.463. The van der Waals surface area contributed by atoms with Crippen molar-refractivity contribution >= 4 is 34.3 Å². The number of halogens is 1. The lowest BCUT2D eigenvalue weighted by Crippen LogP contribution is -2.53. The Hall–Kier alpha value is -4.09. The van der Waals surface area contributed by atoms with Gasteiger partial charge in [-0.2, -0.15) is 0 Å². The monoisotopic (exact) mass is 730 g/mol. The SMILES string of the molecule is O=C(O[C@H]1CN2CCC1CC2)N(Cc1cccc(Cl)c1)c1cccc(OCCCCCCCCCNC[C@H](O)c2ccc(O)c3[nH]c(=O)ccc23)c1. The van der Waals surface area contributed by atoms with Crippen LogP contribution in [0.15, 0.2) is 77.6 Å². The van der Waals surface area contributed by atoms with Gasteiger partial charge in [-0.1, -0.05) is 68.0 Å². The molecule has 0 radical (unpaired) electrons. The van der Waals surface area contributed by atoms with Crippen LogP contribution >= 0.6 is 11.6 Å². The Bertz CT molecular complexity index is 1830. The number of aromatic amines is 1. The maximum absolute atomic E-state index is 13.7. The van der Waals surface area contributed by atoms with Crippen molar-refractivity contribution < 1.29 is 24.5 Å². The molecule has 2 atom stereocenters. The molecule has 278 valence electrons. The summed E-state index contributed by atoms with van der Waals surface area (Å²) in [4.78, 5) is 32.0. The normalized spacial score (nSPS) is 18.7. The number of amides is 1. The summed E-state index contributed by atoms with van der Waals surface area (Å²) in [7, 11) is 0. The number of unbranched alkanes of at least 4 members (excludes halogenated alkanes) is 6. The molecule has 4 heterocycles. The van der Waals surface area contributed by atoms with Crippen LogP contribution < -0.4 is 20.5 Å². The van der Waals surface area contributed by atoms with E-state index in [0.717, 1.165) is 101 Å². The number of aromatic hydroxyl groups is 1. The number of hydrogen-bond acceptors (Lipinski definition) is 8. The summed E-state index contributed by atoms with van der Waals surface area (Å²) < 4.78 is 12.3. The third-order valence-corrected chi connectivity index (χ3v) is 10.5. The fourth-order valence-electron chi connectivity index (χ4n) is 7.38. The smallest absolute Gasteiger partial charge is 0.414 e. The van der Waals surface area contributed by atoms with Crippen molar-refractivity contribution in [2.45, 2.75) is 76.5 Å². The number of phenols is 1. The minimum atomic E-state index is -0.747. The van der Waals surface area contributed by atoms with Crippen LogP contribution in [0.3, 0.4) is 0 Å². The molecule has 0 spiro atoms. The largest absolute Gasteiger partial charge is 0.506 e. The van der Waals surface area contributed by atoms with E-state index in [9.17, 15) is 19.8 Å². The summed E-state index contributed by atoms with van der Waals surface area (Å²) in [5.74, 6) is 1.15. The lowest BCUT2D eigenvalue weighted by molar-refractivity contribution is -0.0311. The number of fused-ring (bicyclic) bond motifs is 4. The number of pyridine rings is 1. The molecule has 3 saturated heterocycles. The molecule has 10 nitrogen and oxygen atoms in total. The number of nitrogens with one attached hydrogen (secondary N) is 2. The van der Waals surface area contributed by atoms with Gasteiger partial charge in [0.1, 0.15) is 17.6 Å². The lowest BCUT2D eigenvalue weighted by Gasteiger charge is -2.44. The van der Waals surface area contributed by atoms with E-state index in [1.54, 1.807) is 17.0 Å². The number of benzene rings is 3.